The molecule has 4 nitrogen and oxygen atoms in total. The van der Waals surface area contributed by atoms with E-state index in [1.54, 1.807) is 4.90 Å². The highest BCUT2D eigenvalue weighted by atomic mass is 16.2. The lowest BCUT2D eigenvalue weighted by molar-refractivity contribution is -0.118. The first kappa shape index (κ1) is 21.7. The topological polar surface area (TPSA) is 49.4 Å². The van der Waals surface area contributed by atoms with Crippen molar-refractivity contribution in [1.29, 1.82) is 0 Å². The maximum atomic E-state index is 12.3. The second kappa shape index (κ2) is 12.0. The molecule has 0 unspecified atom stereocenters. The van der Waals surface area contributed by atoms with Gasteiger partial charge in [0.25, 0.3) is 5.91 Å². The van der Waals surface area contributed by atoms with Crippen LogP contribution in [0.3, 0.4) is 0 Å². The number of carbonyl (C=O) groups excluding carboxylic acids is 2. The van der Waals surface area contributed by atoms with Gasteiger partial charge in [-0.2, -0.15) is 0 Å². The van der Waals surface area contributed by atoms with Gasteiger partial charge in [0.05, 0.1) is 0 Å². The van der Waals surface area contributed by atoms with E-state index >= 15 is 0 Å². The van der Waals surface area contributed by atoms with Gasteiger partial charge in [-0.15, -0.1) is 0 Å². The maximum absolute atomic E-state index is 12.3. The molecule has 0 atom stereocenters. The lowest BCUT2D eigenvalue weighted by Gasteiger charge is -2.22. The largest absolute Gasteiger partial charge is 0.352 e. The molecular formula is C24H32N2O2. The summed E-state index contributed by atoms with van der Waals surface area (Å²) in [5.41, 5.74) is 2.87. The maximum Gasteiger partial charge on any atom is 0.251 e. The average Bonchev–Trinajstić information content (AvgIpc) is 2.74. The van der Waals surface area contributed by atoms with Crippen LogP contribution >= 0.6 is 0 Å². The second-order valence-corrected chi connectivity index (χ2v) is 7.00. The number of anilines is 1. The van der Waals surface area contributed by atoms with Gasteiger partial charge in [0.15, 0.2) is 0 Å². The van der Waals surface area contributed by atoms with Crippen LogP contribution in [0.5, 0.6) is 0 Å². The van der Waals surface area contributed by atoms with Crippen LogP contribution in [0.1, 0.15) is 61.9 Å². The molecule has 4 heteroatoms. The van der Waals surface area contributed by atoms with Gasteiger partial charge in [-0.3, -0.25) is 9.59 Å². The van der Waals surface area contributed by atoms with E-state index in [2.05, 4.69) is 12.2 Å². The molecule has 150 valence electrons. The number of nitrogens with zero attached hydrogens (tertiary/aromatic N) is 1. The van der Waals surface area contributed by atoms with Crippen molar-refractivity contribution in [2.24, 2.45) is 0 Å². The molecule has 0 heterocycles. The minimum Gasteiger partial charge on any atom is -0.352 e. The van der Waals surface area contributed by atoms with Crippen LogP contribution in [0.25, 0.3) is 0 Å². The number of carbonyl (C=O) groups is 2. The van der Waals surface area contributed by atoms with Crippen molar-refractivity contribution in [3.05, 3.63) is 65.7 Å². The standard InChI is InChI=1S/C24H32N2O2/c1-3-5-7-11-20-14-16-21(17-15-20)24(28)25-18-10-19-26(23(27)4-2)22-12-8-6-9-13-22/h6,8-9,12-17H,3-5,7,10-11,18-19H2,1-2H3,(H,25,28). The van der Waals surface area contributed by atoms with E-state index in [1.807, 2.05) is 61.5 Å². The number of hydrogen-bond acceptors (Lipinski definition) is 2. The van der Waals surface area contributed by atoms with E-state index < -0.39 is 0 Å². The van der Waals surface area contributed by atoms with Crippen molar-refractivity contribution in [3.8, 4) is 0 Å². The summed E-state index contributed by atoms with van der Waals surface area (Å²) in [7, 11) is 0. The molecule has 0 bridgehead atoms. The minimum absolute atomic E-state index is 0.0619. The molecule has 0 radical (unpaired) electrons. The Kier molecular flexibility index (Phi) is 9.26. The molecule has 0 fully saturated rings. The lowest BCUT2D eigenvalue weighted by Crippen LogP contribution is -2.34. The summed E-state index contributed by atoms with van der Waals surface area (Å²) >= 11 is 0. The highest BCUT2D eigenvalue weighted by molar-refractivity contribution is 5.94. The summed E-state index contributed by atoms with van der Waals surface area (Å²) in [6, 6.07) is 17.6. The molecule has 0 saturated heterocycles. The zero-order chi connectivity index (χ0) is 20.2. The third-order valence-electron chi connectivity index (χ3n) is 4.80. The van der Waals surface area contributed by atoms with Crippen molar-refractivity contribution in [3.63, 3.8) is 0 Å². The Balaban J connectivity index is 1.80. The van der Waals surface area contributed by atoms with Crippen LogP contribution in [-0.4, -0.2) is 24.9 Å². The Morgan fingerprint density at radius 3 is 2.25 bits per heavy atom. The molecule has 2 aromatic carbocycles. The zero-order valence-electron chi connectivity index (χ0n) is 17.1. The number of hydrogen-bond donors (Lipinski definition) is 1. The molecule has 0 saturated carbocycles. The van der Waals surface area contributed by atoms with Crippen molar-refractivity contribution in [1.82, 2.24) is 5.32 Å². The molecule has 2 amide bonds. The van der Waals surface area contributed by atoms with Crippen LogP contribution in [0.2, 0.25) is 0 Å². The lowest BCUT2D eigenvalue weighted by atomic mass is 10.1. The number of benzene rings is 2. The molecule has 0 aliphatic rings. The Morgan fingerprint density at radius 2 is 1.61 bits per heavy atom. The zero-order valence-corrected chi connectivity index (χ0v) is 17.1. The third kappa shape index (κ3) is 6.84. The molecular weight excluding hydrogens is 348 g/mol. The van der Waals surface area contributed by atoms with Gasteiger partial charge in [-0.1, -0.05) is 57.0 Å². The molecule has 2 rings (SSSR count). The van der Waals surface area contributed by atoms with Crippen molar-refractivity contribution in [2.75, 3.05) is 18.0 Å². The number of aryl methyl sites for hydroxylation is 1. The highest BCUT2D eigenvalue weighted by Gasteiger charge is 2.13. The molecule has 28 heavy (non-hydrogen) atoms. The highest BCUT2D eigenvalue weighted by Crippen LogP contribution is 2.15. The van der Waals surface area contributed by atoms with Gasteiger partial charge >= 0.3 is 0 Å². The minimum atomic E-state index is -0.0619. The van der Waals surface area contributed by atoms with E-state index in [4.69, 9.17) is 0 Å². The molecule has 2 aromatic rings. The summed E-state index contributed by atoms with van der Waals surface area (Å²) in [4.78, 5) is 26.3. The van der Waals surface area contributed by atoms with E-state index in [0.717, 1.165) is 12.1 Å². The quantitative estimate of drug-likeness (QED) is 0.559. The summed E-state index contributed by atoms with van der Waals surface area (Å²) in [6.07, 6.45) is 5.88. The normalized spacial score (nSPS) is 10.5. The Labute approximate surface area is 169 Å². The molecule has 0 aliphatic heterocycles. The first-order chi connectivity index (χ1) is 13.7. The Morgan fingerprint density at radius 1 is 0.893 bits per heavy atom. The van der Waals surface area contributed by atoms with Crippen molar-refractivity contribution < 1.29 is 9.59 Å². The van der Waals surface area contributed by atoms with Crippen molar-refractivity contribution in [2.45, 2.75) is 52.4 Å². The fourth-order valence-corrected chi connectivity index (χ4v) is 3.14. The van der Waals surface area contributed by atoms with Gasteiger partial charge in [-0.25, -0.2) is 0 Å². The SMILES string of the molecule is CCCCCc1ccc(C(=O)NCCCN(C(=O)CC)c2ccccc2)cc1. The van der Waals surface area contributed by atoms with E-state index in [-0.39, 0.29) is 11.8 Å². The van der Waals surface area contributed by atoms with E-state index in [0.29, 0.717) is 31.5 Å². The molecule has 0 aromatic heterocycles. The third-order valence-corrected chi connectivity index (χ3v) is 4.80. The van der Waals surface area contributed by atoms with Gasteiger partial charge < -0.3 is 10.2 Å². The predicted octanol–water partition coefficient (Wildman–Crippen LogP) is 4.98. The smallest absolute Gasteiger partial charge is 0.251 e. The number of unbranched alkanes of at least 4 members (excludes halogenated alkanes) is 2. The average molecular weight is 381 g/mol. The summed E-state index contributed by atoms with van der Waals surface area (Å²) in [5.74, 6) is 0.0318. The second-order valence-electron chi connectivity index (χ2n) is 7.00. The molecule has 0 aliphatic carbocycles. The Hall–Kier alpha value is -2.62. The summed E-state index contributed by atoms with van der Waals surface area (Å²) in [6.45, 7) is 5.20. The number of para-hydroxylation sites is 1. The van der Waals surface area contributed by atoms with Gasteiger partial charge in [-0.05, 0) is 49.1 Å². The number of amides is 2. The number of rotatable bonds is 11. The predicted molar refractivity (Wildman–Crippen MR) is 116 cm³/mol. The number of nitrogens with one attached hydrogen (secondary N) is 1. The van der Waals surface area contributed by atoms with Gasteiger partial charge in [0.1, 0.15) is 0 Å². The van der Waals surface area contributed by atoms with Crippen molar-refractivity contribution >= 4 is 17.5 Å². The first-order valence-corrected chi connectivity index (χ1v) is 10.4. The van der Waals surface area contributed by atoms with E-state index in [1.165, 1.54) is 24.8 Å². The molecule has 1 N–H and O–H groups in total. The Bertz CT molecular complexity index is 726. The fourth-order valence-electron chi connectivity index (χ4n) is 3.14. The van der Waals surface area contributed by atoms with Crippen LogP contribution in [0.15, 0.2) is 54.6 Å². The van der Waals surface area contributed by atoms with Gasteiger partial charge in [0, 0.05) is 30.8 Å². The summed E-state index contributed by atoms with van der Waals surface area (Å²) < 4.78 is 0. The van der Waals surface area contributed by atoms with Crippen LogP contribution < -0.4 is 10.2 Å². The van der Waals surface area contributed by atoms with Crippen LogP contribution in [0, 0.1) is 0 Å². The van der Waals surface area contributed by atoms with Gasteiger partial charge in [0.2, 0.25) is 5.91 Å². The molecule has 0 spiro atoms. The van der Waals surface area contributed by atoms with Crippen LogP contribution in [-0.2, 0) is 11.2 Å². The van der Waals surface area contributed by atoms with E-state index in [9.17, 15) is 9.59 Å². The first-order valence-electron chi connectivity index (χ1n) is 10.4. The van der Waals surface area contributed by atoms with Crippen LogP contribution in [0.4, 0.5) is 5.69 Å². The monoisotopic (exact) mass is 380 g/mol. The summed E-state index contributed by atoms with van der Waals surface area (Å²) in [5, 5.41) is 2.96. The fraction of sp³-hybridized carbons (Fsp3) is 0.417.